The fourth-order valence-corrected chi connectivity index (χ4v) is 5.03. The zero-order valence-corrected chi connectivity index (χ0v) is 26.9. The number of hydrogen-bond donors (Lipinski definition) is 0. The number of cyclic esters (lactones) is 1. The summed E-state index contributed by atoms with van der Waals surface area (Å²) in [6.07, 6.45) is -9.35. The van der Waals surface area contributed by atoms with Gasteiger partial charge in [-0.05, 0) is 77.6 Å². The standard InChI is InChI=1S/C33H44F3NO8/c1-21-27(42-17-11-16-33(34,35)36)24(18-23-14-10-13-22-12-8-9-15-25(22)23)19-41-20-26(28(38)43-21)37(29(39)44-31(2,3)4)30(40)45-32(5,6)7/h8-10,12-15,21,24,26-27H,11,16-20H2,1-7H3/t21-,24-,26-,27-/m0/s1. The monoisotopic (exact) mass is 639 g/mol. The summed E-state index contributed by atoms with van der Waals surface area (Å²) in [7, 11) is 0. The quantitative estimate of drug-likeness (QED) is 0.178. The number of hydrogen-bond acceptors (Lipinski definition) is 8. The van der Waals surface area contributed by atoms with Gasteiger partial charge in [-0.25, -0.2) is 14.4 Å². The van der Waals surface area contributed by atoms with Crippen LogP contribution in [0.1, 0.15) is 66.9 Å². The van der Waals surface area contributed by atoms with Crippen LogP contribution < -0.4 is 0 Å². The third kappa shape index (κ3) is 11.2. The molecule has 0 saturated carbocycles. The van der Waals surface area contributed by atoms with Crippen molar-refractivity contribution >= 4 is 28.9 Å². The summed E-state index contributed by atoms with van der Waals surface area (Å²) >= 11 is 0. The normalized spacial score (nSPS) is 21.7. The molecule has 0 N–H and O–H groups in total. The van der Waals surface area contributed by atoms with Crippen LogP contribution in [-0.2, 0) is 34.9 Å². The van der Waals surface area contributed by atoms with E-state index in [0.29, 0.717) is 11.3 Å². The molecule has 45 heavy (non-hydrogen) atoms. The molecular formula is C33H44F3NO8. The predicted octanol–water partition coefficient (Wildman–Crippen LogP) is 7.23. The first-order valence-corrected chi connectivity index (χ1v) is 15.0. The number of esters is 1. The van der Waals surface area contributed by atoms with Crippen LogP contribution in [0.4, 0.5) is 22.8 Å². The van der Waals surface area contributed by atoms with E-state index in [1.807, 2.05) is 42.5 Å². The topological polar surface area (TPSA) is 101 Å². The highest BCUT2D eigenvalue weighted by Gasteiger charge is 2.44. The minimum Gasteiger partial charge on any atom is -0.458 e. The van der Waals surface area contributed by atoms with Crippen molar-refractivity contribution in [2.75, 3.05) is 19.8 Å². The summed E-state index contributed by atoms with van der Waals surface area (Å²) in [6, 6.07) is 12.0. The van der Waals surface area contributed by atoms with Crippen LogP contribution in [0.5, 0.6) is 0 Å². The van der Waals surface area contributed by atoms with Gasteiger partial charge < -0.3 is 23.7 Å². The van der Waals surface area contributed by atoms with Gasteiger partial charge in [-0.3, -0.25) is 0 Å². The predicted molar refractivity (Wildman–Crippen MR) is 161 cm³/mol. The fraction of sp³-hybridized carbons (Fsp3) is 0.606. The first-order chi connectivity index (χ1) is 20.8. The van der Waals surface area contributed by atoms with E-state index in [2.05, 4.69) is 0 Å². The summed E-state index contributed by atoms with van der Waals surface area (Å²) in [5, 5.41) is 1.99. The van der Waals surface area contributed by atoms with Gasteiger partial charge in [0.25, 0.3) is 0 Å². The molecule has 0 radical (unpaired) electrons. The lowest BCUT2D eigenvalue weighted by atomic mass is 9.89. The number of halogens is 3. The average Bonchev–Trinajstić information content (AvgIpc) is 2.93. The summed E-state index contributed by atoms with van der Waals surface area (Å²) in [5.74, 6) is -1.45. The Morgan fingerprint density at radius 2 is 1.51 bits per heavy atom. The molecule has 250 valence electrons. The SMILES string of the molecule is C[C@@H]1OC(=O)[C@@H](N(C(=O)OC(C)(C)C)C(=O)OC(C)(C)C)COC[C@H](Cc2cccc3ccccc23)[C@H]1OCCCC(F)(F)F. The molecular weight excluding hydrogens is 595 g/mol. The Hall–Kier alpha value is -3.38. The molecule has 1 saturated heterocycles. The summed E-state index contributed by atoms with van der Waals surface area (Å²) in [4.78, 5) is 40.7. The number of alkyl halides is 3. The van der Waals surface area contributed by atoms with Crippen LogP contribution in [-0.4, -0.2) is 78.5 Å². The van der Waals surface area contributed by atoms with Gasteiger partial charge in [-0.2, -0.15) is 18.1 Å². The molecule has 0 spiro atoms. The van der Waals surface area contributed by atoms with Gasteiger partial charge in [0.2, 0.25) is 0 Å². The Bertz CT molecular complexity index is 1280. The highest BCUT2D eigenvalue weighted by atomic mass is 19.4. The number of benzene rings is 2. The highest BCUT2D eigenvalue weighted by Crippen LogP contribution is 2.29. The maximum absolute atomic E-state index is 13.6. The number of nitrogens with zero attached hydrogens (tertiary/aromatic N) is 1. The number of ether oxygens (including phenoxy) is 5. The van der Waals surface area contributed by atoms with Crippen LogP contribution in [0, 0.1) is 5.92 Å². The number of imide groups is 1. The van der Waals surface area contributed by atoms with E-state index in [-0.39, 0.29) is 19.6 Å². The first-order valence-electron chi connectivity index (χ1n) is 15.0. The molecule has 2 aromatic rings. The van der Waals surface area contributed by atoms with Gasteiger partial charge in [0.15, 0.2) is 6.04 Å². The van der Waals surface area contributed by atoms with Crippen molar-refractivity contribution in [2.45, 2.75) is 103 Å². The van der Waals surface area contributed by atoms with Crippen LogP contribution in [0.15, 0.2) is 42.5 Å². The zero-order chi connectivity index (χ0) is 33.6. The van der Waals surface area contributed by atoms with Crippen molar-refractivity contribution in [1.29, 1.82) is 0 Å². The third-order valence-corrected chi connectivity index (χ3v) is 6.88. The maximum atomic E-state index is 13.6. The Balaban J connectivity index is 1.95. The highest BCUT2D eigenvalue weighted by molar-refractivity contribution is 5.94. The molecule has 1 heterocycles. The Morgan fingerprint density at radius 3 is 2.11 bits per heavy atom. The molecule has 2 amide bonds. The van der Waals surface area contributed by atoms with E-state index < -0.39 is 72.7 Å². The van der Waals surface area contributed by atoms with Gasteiger partial charge in [0.05, 0.1) is 19.3 Å². The number of rotatable bonds is 7. The van der Waals surface area contributed by atoms with Crippen LogP contribution in [0.3, 0.4) is 0 Å². The molecule has 1 fully saturated rings. The largest absolute Gasteiger partial charge is 0.458 e. The minimum atomic E-state index is -4.34. The molecule has 0 aromatic heterocycles. The fourth-order valence-electron chi connectivity index (χ4n) is 5.03. The lowest BCUT2D eigenvalue weighted by molar-refractivity contribution is -0.165. The van der Waals surface area contributed by atoms with Gasteiger partial charge in [0.1, 0.15) is 17.3 Å². The molecule has 4 atom stereocenters. The van der Waals surface area contributed by atoms with E-state index in [0.717, 1.165) is 16.3 Å². The van der Waals surface area contributed by atoms with Crippen LogP contribution in [0.2, 0.25) is 0 Å². The van der Waals surface area contributed by atoms with Gasteiger partial charge in [-0.1, -0.05) is 42.5 Å². The second-order valence-corrected chi connectivity index (χ2v) is 13.2. The van der Waals surface area contributed by atoms with Crippen molar-refractivity contribution < 1.29 is 51.2 Å². The molecule has 3 rings (SSSR count). The van der Waals surface area contributed by atoms with Crippen molar-refractivity contribution in [3.63, 3.8) is 0 Å². The molecule has 2 aromatic carbocycles. The second-order valence-electron chi connectivity index (χ2n) is 13.2. The molecule has 12 heteroatoms. The van der Waals surface area contributed by atoms with E-state index in [1.165, 1.54) is 0 Å². The second kappa shape index (κ2) is 14.8. The van der Waals surface area contributed by atoms with Crippen molar-refractivity contribution in [1.82, 2.24) is 4.90 Å². The summed E-state index contributed by atoms with van der Waals surface area (Å²) < 4.78 is 67.2. The number of carbonyl (C=O) groups is 3. The van der Waals surface area contributed by atoms with E-state index >= 15 is 0 Å². The van der Waals surface area contributed by atoms with Crippen molar-refractivity contribution in [3.8, 4) is 0 Å². The Morgan fingerprint density at radius 1 is 0.911 bits per heavy atom. The van der Waals surface area contributed by atoms with Crippen molar-refractivity contribution in [2.24, 2.45) is 5.92 Å². The molecule has 0 aliphatic carbocycles. The first kappa shape index (κ1) is 36.1. The lowest BCUT2D eigenvalue weighted by Crippen LogP contribution is -2.54. The van der Waals surface area contributed by atoms with Crippen LogP contribution >= 0.6 is 0 Å². The van der Waals surface area contributed by atoms with E-state index in [9.17, 15) is 27.6 Å². The Kier molecular flexibility index (Phi) is 11.9. The van der Waals surface area contributed by atoms with Crippen LogP contribution in [0.25, 0.3) is 10.8 Å². The third-order valence-electron chi connectivity index (χ3n) is 6.88. The average molecular weight is 640 g/mol. The van der Waals surface area contributed by atoms with E-state index in [1.54, 1.807) is 48.5 Å². The molecule has 0 unspecified atom stereocenters. The smallest absolute Gasteiger partial charge is 0.420 e. The van der Waals surface area contributed by atoms with Gasteiger partial charge >= 0.3 is 24.3 Å². The number of amides is 2. The van der Waals surface area contributed by atoms with E-state index in [4.69, 9.17) is 23.7 Å². The molecule has 9 nitrogen and oxygen atoms in total. The molecule has 1 aliphatic heterocycles. The molecule has 0 bridgehead atoms. The summed E-state index contributed by atoms with van der Waals surface area (Å²) in [6.45, 7) is 10.5. The summed E-state index contributed by atoms with van der Waals surface area (Å²) in [5.41, 5.74) is -1.07. The zero-order valence-electron chi connectivity index (χ0n) is 26.9. The number of fused-ring (bicyclic) bond motifs is 1. The minimum absolute atomic E-state index is 0.0128. The van der Waals surface area contributed by atoms with Gasteiger partial charge in [0, 0.05) is 18.9 Å². The number of carbonyl (C=O) groups excluding carboxylic acids is 3. The van der Waals surface area contributed by atoms with Gasteiger partial charge in [-0.15, -0.1) is 0 Å². The maximum Gasteiger partial charge on any atom is 0.420 e. The lowest BCUT2D eigenvalue weighted by Gasteiger charge is -2.33. The Labute approximate surface area is 262 Å². The molecule has 1 aliphatic rings. The van der Waals surface area contributed by atoms with Crippen molar-refractivity contribution in [3.05, 3.63) is 48.0 Å².